The molecule has 0 aromatic rings. The number of nitrogens with one attached hydrogen (secondary N) is 1. The quantitative estimate of drug-likeness (QED) is 0.0660. The number of hydrogen-bond acceptors (Lipinski definition) is 18. The Morgan fingerprint density at radius 2 is 1.02 bits per heavy atom. The van der Waals surface area contributed by atoms with Gasteiger partial charge in [0.1, 0.15) is 37.6 Å². The van der Waals surface area contributed by atoms with Crippen LogP contribution in [0.2, 0.25) is 0 Å². The van der Waals surface area contributed by atoms with E-state index in [0.717, 1.165) is 41.5 Å². The van der Waals surface area contributed by atoms with Crippen LogP contribution in [0.5, 0.6) is 0 Å². The topological polar surface area (TPSA) is 228 Å². The molecule has 50 heavy (non-hydrogen) atoms. The molecular weight excluding hydrogens is 741 g/mol. The molecule has 0 radical (unpaired) electrons. The number of alkyl halides is 3. The molecule has 0 saturated carbocycles. The Bertz CT molecular complexity index is 1280. The van der Waals surface area contributed by atoms with Crippen molar-refractivity contribution in [1.29, 1.82) is 5.41 Å². The lowest BCUT2D eigenvalue weighted by atomic mass is 9.96. The summed E-state index contributed by atoms with van der Waals surface area (Å²) in [5.74, 6) is -6.09. The highest BCUT2D eigenvalue weighted by Crippen LogP contribution is 2.37. The molecule has 1 N–H and O–H groups in total. The molecule has 0 aromatic carbocycles. The minimum absolute atomic E-state index is 0.184. The lowest BCUT2D eigenvalue weighted by molar-refractivity contribution is -0.358. The Morgan fingerprint density at radius 3 is 1.42 bits per heavy atom. The summed E-state index contributed by atoms with van der Waals surface area (Å²) < 4.78 is 59.3. The van der Waals surface area contributed by atoms with Gasteiger partial charge in [0.15, 0.2) is 30.7 Å². The van der Waals surface area contributed by atoms with E-state index in [0.29, 0.717) is 0 Å². The van der Waals surface area contributed by atoms with E-state index in [-0.39, 0.29) is 6.61 Å². The molecule has 2 fully saturated rings. The lowest BCUT2D eigenvalue weighted by Gasteiger charge is -2.49. The van der Waals surface area contributed by atoms with Crippen LogP contribution in [0.4, 0.5) is 0 Å². The smallest absolute Gasteiger partial charge is 0.303 e. The van der Waals surface area contributed by atoms with Crippen molar-refractivity contribution in [2.45, 2.75) is 107 Å². The fourth-order valence-corrected chi connectivity index (χ4v) is 4.93. The average Bonchev–Trinajstić information content (AvgIpc) is 2.97. The van der Waals surface area contributed by atoms with Crippen LogP contribution in [-0.4, -0.2) is 127 Å². The van der Waals surface area contributed by atoms with Gasteiger partial charge < -0.3 is 52.1 Å². The minimum atomic E-state index is -2.45. The third-order valence-corrected chi connectivity index (χ3v) is 7.00. The number of carbonyl (C=O) groups is 6. The highest BCUT2D eigenvalue weighted by atomic mass is 35.6. The van der Waals surface area contributed by atoms with Crippen LogP contribution in [0.25, 0.3) is 0 Å². The molecule has 0 spiro atoms. The molecule has 18 nitrogen and oxygen atoms in total. The number of rotatable bonds is 14. The summed E-state index contributed by atoms with van der Waals surface area (Å²) in [6, 6.07) is 0. The van der Waals surface area contributed by atoms with Gasteiger partial charge in [-0.3, -0.25) is 34.2 Å². The highest BCUT2D eigenvalue weighted by Gasteiger charge is 2.58. The summed E-state index contributed by atoms with van der Waals surface area (Å²) in [4.78, 5) is 72.9. The monoisotopic (exact) mass is 777 g/mol. The molecule has 0 aromatic heterocycles. The van der Waals surface area contributed by atoms with Gasteiger partial charge >= 0.3 is 35.8 Å². The standard InChI is InChI=1S/C29H38Cl3NO17/c1-8-9-40-22-20(43-14(4)36)18(10-41-12(2)34)47-26(24(22)45-16(6)38)49-23-21(44-15(5)37)19(11-42-13(3)35)48-27(25(23)46-17(7)39)50-28(33)29(30,31)32/h8,18-27,33H,1,9-11H2,2-7H3/t18-,19-,20-,21-,22+,23+,24-,25-,26-,27-/m1/s1. The number of esters is 6. The molecule has 2 aliphatic heterocycles. The molecule has 2 heterocycles. The summed E-state index contributed by atoms with van der Waals surface area (Å²) >= 11 is 17.4. The Balaban J connectivity index is 2.79. The molecule has 10 atom stereocenters. The van der Waals surface area contributed by atoms with Crippen LogP contribution in [0.15, 0.2) is 12.7 Å². The second-order valence-corrected chi connectivity index (χ2v) is 12.9. The van der Waals surface area contributed by atoms with E-state index >= 15 is 0 Å². The van der Waals surface area contributed by atoms with E-state index < -0.39 is 120 Å². The molecule has 2 saturated heterocycles. The van der Waals surface area contributed by atoms with Gasteiger partial charge in [0.2, 0.25) is 12.2 Å². The summed E-state index contributed by atoms with van der Waals surface area (Å²) in [6.07, 6.45) is -14.7. The zero-order valence-corrected chi connectivity index (χ0v) is 30.0. The van der Waals surface area contributed by atoms with Gasteiger partial charge in [0.05, 0.1) is 6.61 Å². The first-order chi connectivity index (χ1) is 23.2. The van der Waals surface area contributed by atoms with E-state index in [1.807, 2.05) is 0 Å². The van der Waals surface area contributed by atoms with Crippen molar-refractivity contribution in [1.82, 2.24) is 0 Å². The lowest BCUT2D eigenvalue weighted by Crippen LogP contribution is -2.67. The first-order valence-corrected chi connectivity index (χ1v) is 15.8. The first kappa shape index (κ1) is 42.9. The number of carbonyl (C=O) groups excluding carboxylic acids is 6. The van der Waals surface area contributed by atoms with Crippen molar-refractivity contribution in [3.8, 4) is 0 Å². The Kier molecular flexibility index (Phi) is 16.6. The van der Waals surface area contributed by atoms with Crippen LogP contribution in [0.3, 0.4) is 0 Å². The summed E-state index contributed by atoms with van der Waals surface area (Å²) in [5.41, 5.74) is 0. The zero-order valence-electron chi connectivity index (χ0n) is 27.8. The van der Waals surface area contributed by atoms with Gasteiger partial charge in [-0.15, -0.1) is 6.58 Å². The van der Waals surface area contributed by atoms with Gasteiger partial charge in [-0.25, -0.2) is 0 Å². The third kappa shape index (κ3) is 13.1. The summed E-state index contributed by atoms with van der Waals surface area (Å²) in [6.45, 7) is 8.60. The molecule has 21 heteroatoms. The molecule has 0 unspecified atom stereocenters. The van der Waals surface area contributed by atoms with E-state index in [9.17, 15) is 28.8 Å². The largest absolute Gasteiger partial charge is 0.463 e. The van der Waals surface area contributed by atoms with E-state index in [2.05, 4.69) is 6.58 Å². The Labute approximate surface area is 301 Å². The van der Waals surface area contributed by atoms with Crippen LogP contribution < -0.4 is 0 Å². The fourth-order valence-electron chi connectivity index (χ4n) is 4.79. The number of hydrogen-bond donors (Lipinski definition) is 1. The first-order valence-electron chi connectivity index (χ1n) is 14.7. The van der Waals surface area contributed by atoms with Crippen molar-refractivity contribution in [3.05, 3.63) is 12.7 Å². The molecule has 0 bridgehead atoms. The van der Waals surface area contributed by atoms with E-state index in [4.69, 9.17) is 92.3 Å². The SMILES string of the molecule is C=CCO[C@@H]1[C@@H](OC(C)=O)[C@@H](O[C@@H]2[C@@H](OC(C)=O)[C@@H](OC(=N)C(Cl)(Cl)Cl)O[C@H](COC(C)=O)[C@H]2OC(C)=O)O[C@H](COC(C)=O)[C@H]1OC(C)=O. The van der Waals surface area contributed by atoms with Gasteiger partial charge in [-0.2, -0.15) is 0 Å². The predicted octanol–water partition coefficient (Wildman–Crippen LogP) is 1.61. The normalized spacial score (nSPS) is 29.4. The maximum absolute atomic E-state index is 12.4. The average molecular weight is 779 g/mol. The third-order valence-electron chi connectivity index (χ3n) is 6.48. The second-order valence-electron chi connectivity index (χ2n) is 10.6. The number of ether oxygens (including phenoxy) is 11. The van der Waals surface area contributed by atoms with Crippen LogP contribution >= 0.6 is 34.8 Å². The molecule has 2 aliphatic rings. The molecule has 2 rings (SSSR count). The minimum Gasteiger partial charge on any atom is -0.463 e. The summed E-state index contributed by atoms with van der Waals surface area (Å²) in [7, 11) is 0. The molecular formula is C29H38Cl3NO17. The zero-order chi connectivity index (χ0) is 37.9. The van der Waals surface area contributed by atoms with E-state index in [1.54, 1.807) is 0 Å². The molecule has 0 aliphatic carbocycles. The summed E-state index contributed by atoms with van der Waals surface area (Å²) in [5, 5.41) is 8.11. The van der Waals surface area contributed by atoms with Gasteiger partial charge in [-0.1, -0.05) is 40.9 Å². The molecule has 0 amide bonds. The predicted molar refractivity (Wildman–Crippen MR) is 167 cm³/mol. The van der Waals surface area contributed by atoms with Crippen LogP contribution in [-0.2, 0) is 80.9 Å². The van der Waals surface area contributed by atoms with Crippen molar-refractivity contribution in [3.63, 3.8) is 0 Å². The van der Waals surface area contributed by atoms with Gasteiger partial charge in [0.25, 0.3) is 3.79 Å². The maximum Gasteiger partial charge on any atom is 0.303 e. The van der Waals surface area contributed by atoms with Crippen molar-refractivity contribution >= 4 is 76.5 Å². The Morgan fingerprint density at radius 1 is 0.620 bits per heavy atom. The second kappa shape index (κ2) is 19.4. The molecule has 282 valence electrons. The Hall–Kier alpha value is -3.26. The fraction of sp³-hybridized carbons (Fsp3) is 0.690. The van der Waals surface area contributed by atoms with Crippen LogP contribution in [0, 0.1) is 5.41 Å². The number of halogens is 3. The van der Waals surface area contributed by atoms with Crippen LogP contribution in [0.1, 0.15) is 41.5 Å². The maximum atomic E-state index is 12.4. The van der Waals surface area contributed by atoms with Crippen molar-refractivity contribution in [2.24, 2.45) is 0 Å². The van der Waals surface area contributed by atoms with Gasteiger partial charge in [0, 0.05) is 41.5 Å². The van der Waals surface area contributed by atoms with Crippen molar-refractivity contribution in [2.75, 3.05) is 19.8 Å². The van der Waals surface area contributed by atoms with Gasteiger partial charge in [-0.05, 0) is 0 Å². The van der Waals surface area contributed by atoms with Crippen molar-refractivity contribution < 1.29 is 80.9 Å². The highest BCUT2D eigenvalue weighted by molar-refractivity contribution is 6.76. The van der Waals surface area contributed by atoms with E-state index in [1.165, 1.54) is 6.08 Å².